The van der Waals surface area contributed by atoms with Gasteiger partial charge in [0.25, 0.3) is 0 Å². The Labute approximate surface area is 127 Å². The maximum absolute atomic E-state index is 6.28. The molecule has 1 unspecified atom stereocenters. The average Bonchev–Trinajstić information content (AvgIpc) is 3.04. The third-order valence-corrected chi connectivity index (χ3v) is 4.73. The average molecular weight is 306 g/mol. The maximum atomic E-state index is 6.28. The van der Waals surface area contributed by atoms with Gasteiger partial charge in [-0.3, -0.25) is 4.98 Å². The predicted molar refractivity (Wildman–Crippen MR) is 84.6 cm³/mol. The summed E-state index contributed by atoms with van der Waals surface area (Å²) in [6.45, 7) is 4.95. The van der Waals surface area contributed by atoms with Gasteiger partial charge in [-0.25, -0.2) is 4.98 Å². The Morgan fingerprint density at radius 2 is 2.10 bits per heavy atom. The van der Waals surface area contributed by atoms with Gasteiger partial charge in [0, 0.05) is 16.0 Å². The number of pyridine rings is 1. The van der Waals surface area contributed by atoms with Crippen molar-refractivity contribution >= 4 is 34.0 Å². The van der Waals surface area contributed by atoms with Crippen LogP contribution in [0, 0.1) is 0 Å². The minimum atomic E-state index is -0.118. The smallest absolute Gasteiger partial charge is 0.128 e. The van der Waals surface area contributed by atoms with Gasteiger partial charge in [-0.2, -0.15) is 0 Å². The highest BCUT2D eigenvalue weighted by Crippen LogP contribution is 2.27. The van der Waals surface area contributed by atoms with Crippen LogP contribution in [-0.4, -0.2) is 14.5 Å². The Morgan fingerprint density at radius 3 is 2.80 bits per heavy atom. The van der Waals surface area contributed by atoms with Crippen molar-refractivity contribution in [1.82, 2.24) is 14.5 Å². The van der Waals surface area contributed by atoms with Crippen molar-refractivity contribution in [1.29, 1.82) is 0 Å². The molecule has 0 radical (unpaired) electrons. The highest BCUT2D eigenvalue weighted by atomic mass is 35.5. The molecule has 0 aromatic carbocycles. The quantitative estimate of drug-likeness (QED) is 0.669. The minimum Gasteiger partial charge on any atom is -0.321 e. The van der Waals surface area contributed by atoms with E-state index >= 15 is 0 Å². The van der Waals surface area contributed by atoms with Gasteiger partial charge in [-0.1, -0.05) is 6.92 Å². The molecule has 0 aliphatic carbocycles. The molecule has 0 spiro atoms. The monoisotopic (exact) mass is 305 g/mol. The molecular weight excluding hydrogens is 290 g/mol. The molecule has 0 N–H and O–H groups in total. The van der Waals surface area contributed by atoms with E-state index in [-0.39, 0.29) is 5.38 Å². The first-order chi connectivity index (χ1) is 9.69. The van der Waals surface area contributed by atoms with Gasteiger partial charge in [0.05, 0.1) is 23.6 Å². The van der Waals surface area contributed by atoms with Crippen LogP contribution in [0.5, 0.6) is 0 Å². The van der Waals surface area contributed by atoms with Crippen molar-refractivity contribution in [3.63, 3.8) is 0 Å². The fraction of sp³-hybridized carbons (Fsp3) is 0.333. The van der Waals surface area contributed by atoms with Crippen molar-refractivity contribution < 1.29 is 0 Å². The number of aromatic nitrogens is 3. The number of rotatable bonds is 4. The van der Waals surface area contributed by atoms with Crippen LogP contribution in [0.4, 0.5) is 0 Å². The summed E-state index contributed by atoms with van der Waals surface area (Å²) in [4.78, 5) is 11.5. The van der Waals surface area contributed by atoms with Crippen LogP contribution in [0.3, 0.4) is 0 Å². The zero-order chi connectivity index (χ0) is 14.1. The fourth-order valence-electron chi connectivity index (χ4n) is 2.32. The maximum Gasteiger partial charge on any atom is 0.128 e. The minimum absolute atomic E-state index is 0.118. The lowest BCUT2D eigenvalue weighted by Crippen LogP contribution is -2.04. The molecule has 5 heteroatoms. The van der Waals surface area contributed by atoms with Crippen molar-refractivity contribution in [3.05, 3.63) is 46.2 Å². The van der Waals surface area contributed by atoms with Crippen LogP contribution in [0.1, 0.15) is 34.8 Å². The third kappa shape index (κ3) is 2.45. The molecule has 3 heterocycles. The highest BCUT2D eigenvalue weighted by Gasteiger charge is 2.15. The van der Waals surface area contributed by atoms with Gasteiger partial charge in [0.15, 0.2) is 0 Å². The normalized spacial score (nSPS) is 12.9. The molecule has 0 saturated heterocycles. The second kappa shape index (κ2) is 5.54. The van der Waals surface area contributed by atoms with Crippen LogP contribution in [0.2, 0.25) is 0 Å². The lowest BCUT2D eigenvalue weighted by atomic mass is 10.3. The van der Waals surface area contributed by atoms with Crippen molar-refractivity contribution in [2.75, 3.05) is 0 Å². The topological polar surface area (TPSA) is 30.7 Å². The van der Waals surface area contributed by atoms with E-state index in [1.165, 1.54) is 9.75 Å². The lowest BCUT2D eigenvalue weighted by Gasteiger charge is -2.09. The van der Waals surface area contributed by atoms with Crippen molar-refractivity contribution in [2.24, 2.45) is 0 Å². The number of hydrogen-bond donors (Lipinski definition) is 0. The van der Waals surface area contributed by atoms with E-state index in [1.54, 1.807) is 12.4 Å². The van der Waals surface area contributed by atoms with Crippen LogP contribution in [0.15, 0.2) is 30.6 Å². The summed E-state index contributed by atoms with van der Waals surface area (Å²) >= 11 is 8.13. The zero-order valence-electron chi connectivity index (χ0n) is 11.5. The van der Waals surface area contributed by atoms with Crippen molar-refractivity contribution in [2.45, 2.75) is 32.2 Å². The van der Waals surface area contributed by atoms with Crippen LogP contribution < -0.4 is 0 Å². The number of halogens is 1. The first kappa shape index (κ1) is 13.6. The molecule has 0 amide bonds. The molecule has 0 aliphatic heterocycles. The number of alkyl halides is 1. The summed E-state index contributed by atoms with van der Waals surface area (Å²) in [5.41, 5.74) is 2.00. The van der Waals surface area contributed by atoms with Gasteiger partial charge in [-0.05, 0) is 31.5 Å². The van der Waals surface area contributed by atoms with E-state index in [0.717, 1.165) is 29.8 Å². The Bertz CT molecular complexity index is 730. The van der Waals surface area contributed by atoms with E-state index in [1.807, 2.05) is 24.3 Å². The summed E-state index contributed by atoms with van der Waals surface area (Å²) in [5.74, 6) is 0.904. The van der Waals surface area contributed by atoms with Crippen LogP contribution in [0.25, 0.3) is 11.0 Å². The highest BCUT2D eigenvalue weighted by molar-refractivity contribution is 7.11. The Hall–Kier alpha value is -1.39. The molecule has 1 atom stereocenters. The molecule has 0 saturated carbocycles. The fourth-order valence-corrected chi connectivity index (χ4v) is 3.44. The Morgan fingerprint density at radius 1 is 1.30 bits per heavy atom. The summed E-state index contributed by atoms with van der Waals surface area (Å²) in [5, 5.41) is -0.118. The number of hydrogen-bond acceptors (Lipinski definition) is 3. The molecule has 20 heavy (non-hydrogen) atoms. The third-order valence-electron chi connectivity index (χ3n) is 3.32. The lowest BCUT2D eigenvalue weighted by molar-refractivity contribution is 0.750. The van der Waals surface area contributed by atoms with E-state index in [9.17, 15) is 0 Å². The van der Waals surface area contributed by atoms with Gasteiger partial charge < -0.3 is 4.57 Å². The molecule has 104 valence electrons. The standard InChI is InChI=1S/C15H16ClN3S/c1-3-11-4-5-12(20-11)9-19-14-6-7-17-8-13(14)18-15(19)10(2)16/h4-8,10H,3,9H2,1-2H3. The number of aryl methyl sites for hydroxylation is 1. The molecular formula is C15H16ClN3S. The molecule has 3 aromatic rings. The molecule has 3 aromatic heterocycles. The Balaban J connectivity index is 2.06. The summed E-state index contributed by atoms with van der Waals surface area (Å²) in [6, 6.07) is 6.39. The van der Waals surface area contributed by atoms with Gasteiger partial charge >= 0.3 is 0 Å². The molecule has 0 fully saturated rings. The van der Waals surface area contributed by atoms with Gasteiger partial charge in [0.1, 0.15) is 11.3 Å². The SMILES string of the molecule is CCc1ccc(Cn2c(C(C)Cl)nc3cnccc32)s1. The summed E-state index contributed by atoms with van der Waals surface area (Å²) < 4.78 is 2.19. The summed E-state index contributed by atoms with van der Waals surface area (Å²) in [7, 11) is 0. The van der Waals surface area contributed by atoms with E-state index in [2.05, 4.69) is 33.6 Å². The number of fused-ring (bicyclic) bond motifs is 1. The van der Waals surface area contributed by atoms with Crippen LogP contribution in [-0.2, 0) is 13.0 Å². The zero-order valence-corrected chi connectivity index (χ0v) is 13.1. The summed E-state index contributed by atoms with van der Waals surface area (Å²) in [6.07, 6.45) is 4.67. The molecule has 3 rings (SSSR count). The predicted octanol–water partition coefficient (Wildman–Crippen LogP) is 4.40. The molecule has 0 bridgehead atoms. The van der Waals surface area contributed by atoms with Crippen LogP contribution >= 0.6 is 22.9 Å². The van der Waals surface area contributed by atoms with Gasteiger partial charge in [-0.15, -0.1) is 22.9 Å². The van der Waals surface area contributed by atoms with E-state index in [4.69, 9.17) is 11.6 Å². The molecule has 3 nitrogen and oxygen atoms in total. The largest absolute Gasteiger partial charge is 0.321 e. The second-order valence-corrected chi connectivity index (χ2v) is 6.67. The van der Waals surface area contributed by atoms with E-state index < -0.39 is 0 Å². The number of imidazole rings is 1. The Kier molecular flexibility index (Phi) is 3.76. The number of thiophene rings is 1. The number of nitrogens with zero attached hydrogens (tertiary/aromatic N) is 3. The second-order valence-electron chi connectivity index (χ2n) is 4.76. The van der Waals surface area contributed by atoms with E-state index in [0.29, 0.717) is 0 Å². The first-order valence-corrected chi connectivity index (χ1v) is 7.96. The van der Waals surface area contributed by atoms with Gasteiger partial charge in [0.2, 0.25) is 0 Å². The first-order valence-electron chi connectivity index (χ1n) is 6.71. The van der Waals surface area contributed by atoms with Crippen molar-refractivity contribution in [3.8, 4) is 0 Å². The molecule has 0 aliphatic rings.